The first-order chi connectivity index (χ1) is 14.5. The number of ether oxygens (including phenoxy) is 1. The van der Waals surface area contributed by atoms with Crippen LogP contribution in [0.1, 0.15) is 67.5 Å². The number of rotatable bonds is 7. The molecule has 1 fully saturated rings. The molecule has 2 aromatic carbocycles. The van der Waals surface area contributed by atoms with Crippen LogP contribution in [0.25, 0.3) is 0 Å². The molecule has 0 radical (unpaired) electrons. The van der Waals surface area contributed by atoms with Crippen LogP contribution < -0.4 is 10.1 Å². The highest BCUT2D eigenvalue weighted by atomic mass is 16.5. The number of fused-ring (bicyclic) bond motifs is 1. The van der Waals surface area contributed by atoms with Gasteiger partial charge in [0, 0.05) is 26.6 Å². The fourth-order valence-corrected chi connectivity index (χ4v) is 4.32. The molecule has 0 spiro atoms. The molecule has 2 aliphatic rings. The van der Waals surface area contributed by atoms with Crippen LogP contribution in [0.2, 0.25) is 0 Å². The SMILES string of the molecule is CC(=O)N[C@@H](C)c1ccc(CN2Cc3ccc(OCC4CCC4)cc3C(O)C2)cc1. The van der Waals surface area contributed by atoms with Crippen molar-refractivity contribution in [1.29, 1.82) is 0 Å². The van der Waals surface area contributed by atoms with E-state index in [2.05, 4.69) is 40.5 Å². The van der Waals surface area contributed by atoms with Crippen molar-refractivity contribution in [2.24, 2.45) is 5.92 Å². The van der Waals surface area contributed by atoms with Crippen molar-refractivity contribution in [1.82, 2.24) is 10.2 Å². The van der Waals surface area contributed by atoms with Crippen molar-refractivity contribution in [3.8, 4) is 5.75 Å². The molecule has 2 aromatic rings. The number of nitrogens with zero attached hydrogens (tertiary/aromatic N) is 1. The molecule has 30 heavy (non-hydrogen) atoms. The third-order valence-corrected chi connectivity index (χ3v) is 6.32. The lowest BCUT2D eigenvalue weighted by Crippen LogP contribution is -2.33. The number of carbonyl (C=O) groups is 1. The minimum atomic E-state index is -0.500. The standard InChI is InChI=1S/C25H32N2O3/c1-17(26-18(2)28)21-8-6-19(7-9-21)13-27-14-22-10-11-23(12-24(22)25(29)15-27)30-16-20-4-3-5-20/h6-12,17,20,25,29H,3-5,13-16H2,1-2H3,(H,26,28)/t17-,25?/m0/s1. The number of nitrogens with one attached hydrogen (secondary N) is 1. The lowest BCUT2D eigenvalue weighted by molar-refractivity contribution is -0.119. The van der Waals surface area contributed by atoms with Gasteiger partial charge in [0.1, 0.15) is 5.75 Å². The Labute approximate surface area is 179 Å². The van der Waals surface area contributed by atoms with E-state index in [1.54, 1.807) is 0 Å². The summed E-state index contributed by atoms with van der Waals surface area (Å²) >= 11 is 0. The first-order valence-electron chi connectivity index (χ1n) is 11.0. The van der Waals surface area contributed by atoms with Crippen LogP contribution in [0, 0.1) is 5.92 Å². The van der Waals surface area contributed by atoms with Gasteiger partial charge in [-0.2, -0.15) is 0 Å². The molecule has 0 aromatic heterocycles. The first kappa shape index (κ1) is 20.9. The van der Waals surface area contributed by atoms with Gasteiger partial charge in [-0.05, 0) is 60.1 Å². The molecular weight excluding hydrogens is 376 g/mol. The van der Waals surface area contributed by atoms with Gasteiger partial charge in [-0.25, -0.2) is 0 Å². The van der Waals surface area contributed by atoms with E-state index in [1.165, 1.54) is 37.3 Å². The van der Waals surface area contributed by atoms with Crippen LogP contribution in [0.15, 0.2) is 42.5 Å². The second kappa shape index (κ2) is 9.19. The number of aliphatic hydroxyl groups is 1. The van der Waals surface area contributed by atoms with E-state index >= 15 is 0 Å². The number of amides is 1. The zero-order chi connectivity index (χ0) is 21.1. The van der Waals surface area contributed by atoms with Gasteiger partial charge < -0.3 is 15.2 Å². The molecule has 1 saturated carbocycles. The average Bonchev–Trinajstić information content (AvgIpc) is 2.67. The van der Waals surface area contributed by atoms with Crippen molar-refractivity contribution < 1.29 is 14.6 Å². The Morgan fingerprint density at radius 3 is 2.67 bits per heavy atom. The Morgan fingerprint density at radius 1 is 1.23 bits per heavy atom. The lowest BCUT2D eigenvalue weighted by atomic mass is 9.86. The fourth-order valence-electron chi connectivity index (χ4n) is 4.32. The highest BCUT2D eigenvalue weighted by molar-refractivity contribution is 5.73. The van der Waals surface area contributed by atoms with Gasteiger partial charge in [0.05, 0.1) is 18.8 Å². The number of hydrogen-bond acceptors (Lipinski definition) is 4. The average molecular weight is 409 g/mol. The molecule has 1 aliphatic heterocycles. The molecule has 1 amide bonds. The van der Waals surface area contributed by atoms with Crippen molar-refractivity contribution in [3.63, 3.8) is 0 Å². The van der Waals surface area contributed by atoms with Crippen LogP contribution in [0.4, 0.5) is 0 Å². The van der Waals surface area contributed by atoms with Crippen LogP contribution in [0.5, 0.6) is 5.75 Å². The maximum atomic E-state index is 11.2. The van der Waals surface area contributed by atoms with E-state index in [4.69, 9.17) is 4.74 Å². The third-order valence-electron chi connectivity index (χ3n) is 6.32. The molecule has 5 heteroatoms. The molecule has 1 unspecified atom stereocenters. The van der Waals surface area contributed by atoms with E-state index < -0.39 is 6.10 Å². The van der Waals surface area contributed by atoms with Gasteiger partial charge in [-0.15, -0.1) is 0 Å². The maximum absolute atomic E-state index is 11.2. The predicted octanol–water partition coefficient (Wildman–Crippen LogP) is 4.11. The predicted molar refractivity (Wildman–Crippen MR) is 117 cm³/mol. The molecular formula is C25H32N2O3. The molecule has 1 aliphatic carbocycles. The Kier molecular flexibility index (Phi) is 6.40. The summed E-state index contributed by atoms with van der Waals surface area (Å²) in [7, 11) is 0. The topological polar surface area (TPSA) is 61.8 Å². The summed E-state index contributed by atoms with van der Waals surface area (Å²) in [5.41, 5.74) is 4.45. The number of β-amino-alcohol motifs (C(OH)–C–C–N with tert-alkyl or cyclic N) is 1. The molecule has 5 nitrogen and oxygen atoms in total. The lowest BCUT2D eigenvalue weighted by Gasteiger charge is -2.33. The molecule has 1 heterocycles. The van der Waals surface area contributed by atoms with Gasteiger partial charge in [-0.1, -0.05) is 36.8 Å². The first-order valence-corrected chi connectivity index (χ1v) is 11.0. The molecule has 0 saturated heterocycles. The van der Waals surface area contributed by atoms with Crippen molar-refractivity contribution in [3.05, 3.63) is 64.7 Å². The zero-order valence-electron chi connectivity index (χ0n) is 17.9. The smallest absolute Gasteiger partial charge is 0.217 e. The van der Waals surface area contributed by atoms with Crippen molar-refractivity contribution >= 4 is 5.91 Å². The summed E-state index contributed by atoms with van der Waals surface area (Å²) in [4.78, 5) is 13.5. The number of benzene rings is 2. The van der Waals surface area contributed by atoms with E-state index in [1.807, 2.05) is 19.1 Å². The molecule has 4 rings (SSSR count). The van der Waals surface area contributed by atoms with Crippen molar-refractivity contribution in [2.75, 3.05) is 13.2 Å². The highest BCUT2D eigenvalue weighted by Crippen LogP contribution is 2.32. The monoisotopic (exact) mass is 408 g/mol. The largest absolute Gasteiger partial charge is 0.493 e. The summed E-state index contributed by atoms with van der Waals surface area (Å²) in [6, 6.07) is 14.5. The second-order valence-electron chi connectivity index (χ2n) is 8.82. The summed E-state index contributed by atoms with van der Waals surface area (Å²) in [5, 5.41) is 13.6. The van der Waals surface area contributed by atoms with E-state index in [9.17, 15) is 9.90 Å². The van der Waals surface area contributed by atoms with E-state index in [-0.39, 0.29) is 11.9 Å². The minimum Gasteiger partial charge on any atom is -0.493 e. The number of aliphatic hydroxyl groups excluding tert-OH is 1. The van der Waals surface area contributed by atoms with E-state index in [0.29, 0.717) is 12.5 Å². The number of carbonyl (C=O) groups excluding carboxylic acids is 1. The Balaban J connectivity index is 1.36. The Bertz CT molecular complexity index is 876. The Hall–Kier alpha value is -2.37. The normalized spacial score (nSPS) is 20.2. The second-order valence-corrected chi connectivity index (χ2v) is 8.82. The van der Waals surface area contributed by atoms with Crippen LogP contribution in [-0.4, -0.2) is 29.1 Å². The van der Waals surface area contributed by atoms with Crippen LogP contribution in [0.3, 0.4) is 0 Å². The number of hydrogen-bond donors (Lipinski definition) is 2. The van der Waals surface area contributed by atoms with Gasteiger partial charge in [0.2, 0.25) is 5.91 Å². The van der Waals surface area contributed by atoms with Crippen LogP contribution in [-0.2, 0) is 17.9 Å². The minimum absolute atomic E-state index is 0.000872. The van der Waals surface area contributed by atoms with Crippen LogP contribution >= 0.6 is 0 Å². The Morgan fingerprint density at radius 2 is 2.00 bits per heavy atom. The highest BCUT2D eigenvalue weighted by Gasteiger charge is 2.25. The third kappa shape index (κ3) is 5.02. The molecule has 160 valence electrons. The molecule has 2 N–H and O–H groups in total. The quantitative estimate of drug-likeness (QED) is 0.724. The van der Waals surface area contributed by atoms with Gasteiger partial charge >= 0.3 is 0 Å². The fraction of sp³-hybridized carbons (Fsp3) is 0.480. The van der Waals surface area contributed by atoms with Crippen molar-refractivity contribution in [2.45, 2.75) is 58.3 Å². The van der Waals surface area contributed by atoms with E-state index in [0.717, 1.165) is 36.6 Å². The van der Waals surface area contributed by atoms with Gasteiger partial charge in [0.15, 0.2) is 0 Å². The maximum Gasteiger partial charge on any atom is 0.217 e. The zero-order valence-corrected chi connectivity index (χ0v) is 17.9. The summed E-state index contributed by atoms with van der Waals surface area (Å²) in [6.07, 6.45) is 3.37. The molecule has 0 bridgehead atoms. The van der Waals surface area contributed by atoms with Gasteiger partial charge in [-0.3, -0.25) is 9.69 Å². The summed E-state index contributed by atoms with van der Waals surface area (Å²) in [6.45, 7) is 6.53. The summed E-state index contributed by atoms with van der Waals surface area (Å²) in [5.74, 6) is 1.55. The summed E-state index contributed by atoms with van der Waals surface area (Å²) < 4.78 is 5.95. The van der Waals surface area contributed by atoms with Gasteiger partial charge in [0.25, 0.3) is 0 Å². The molecule has 2 atom stereocenters.